The van der Waals surface area contributed by atoms with E-state index >= 15 is 0 Å². The second kappa shape index (κ2) is 8.12. The van der Waals surface area contributed by atoms with Crippen molar-refractivity contribution in [2.24, 2.45) is 7.05 Å². The minimum Gasteiger partial charge on any atom is -0.493 e. The standard InChI is InChI=1S/C20H23ClN2O5S/c1-5-28-19-10-13(6-9-18(19)27-3)17(12-29(4,25)26)23-15-8-7-14(21)11-16(15)22(2)20(23)24/h6-11,17H,5,12H2,1-4H3/t17-/m0/s1. The first-order chi connectivity index (χ1) is 13.7. The van der Waals surface area contributed by atoms with Crippen LogP contribution in [0.1, 0.15) is 18.5 Å². The number of methoxy groups -OCH3 is 1. The number of ether oxygens (including phenoxy) is 2. The van der Waals surface area contributed by atoms with Crippen LogP contribution in [0.5, 0.6) is 11.5 Å². The van der Waals surface area contributed by atoms with E-state index in [4.69, 9.17) is 21.1 Å². The molecule has 7 nitrogen and oxygen atoms in total. The summed E-state index contributed by atoms with van der Waals surface area (Å²) in [4.78, 5) is 13.1. The maximum atomic E-state index is 13.1. The Morgan fingerprint density at radius 3 is 2.45 bits per heavy atom. The predicted molar refractivity (Wildman–Crippen MR) is 114 cm³/mol. The van der Waals surface area contributed by atoms with Gasteiger partial charge in [-0.15, -0.1) is 0 Å². The summed E-state index contributed by atoms with van der Waals surface area (Å²) in [6.07, 6.45) is 1.15. The molecular weight excluding hydrogens is 416 g/mol. The Morgan fingerprint density at radius 2 is 1.83 bits per heavy atom. The summed E-state index contributed by atoms with van der Waals surface area (Å²) in [6, 6.07) is 9.53. The molecule has 29 heavy (non-hydrogen) atoms. The molecule has 3 aromatic rings. The van der Waals surface area contributed by atoms with Gasteiger partial charge in [0, 0.05) is 18.3 Å². The molecule has 0 saturated heterocycles. The first kappa shape index (κ1) is 21.3. The van der Waals surface area contributed by atoms with Crippen LogP contribution in [0.25, 0.3) is 11.0 Å². The van der Waals surface area contributed by atoms with Crippen LogP contribution in [0.2, 0.25) is 5.02 Å². The zero-order chi connectivity index (χ0) is 21.3. The average Bonchev–Trinajstić information content (AvgIpc) is 2.90. The molecule has 1 atom stereocenters. The second-order valence-corrected chi connectivity index (χ2v) is 9.42. The zero-order valence-corrected chi connectivity index (χ0v) is 18.2. The minimum absolute atomic E-state index is 0.244. The van der Waals surface area contributed by atoms with E-state index in [0.29, 0.717) is 39.7 Å². The van der Waals surface area contributed by atoms with Gasteiger partial charge in [-0.1, -0.05) is 17.7 Å². The molecule has 156 valence electrons. The summed E-state index contributed by atoms with van der Waals surface area (Å²) in [6.45, 7) is 2.27. The number of nitrogens with zero attached hydrogens (tertiary/aromatic N) is 2. The first-order valence-electron chi connectivity index (χ1n) is 9.01. The van der Waals surface area contributed by atoms with Crippen LogP contribution in [0.4, 0.5) is 0 Å². The number of benzene rings is 2. The van der Waals surface area contributed by atoms with E-state index in [1.807, 2.05) is 6.92 Å². The minimum atomic E-state index is -3.41. The number of imidazole rings is 1. The summed E-state index contributed by atoms with van der Waals surface area (Å²) in [5.41, 5.74) is 1.53. The molecule has 9 heteroatoms. The maximum absolute atomic E-state index is 13.1. The number of fused-ring (bicyclic) bond motifs is 1. The molecule has 3 rings (SSSR count). The van der Waals surface area contributed by atoms with Gasteiger partial charge < -0.3 is 9.47 Å². The first-order valence-corrected chi connectivity index (χ1v) is 11.4. The lowest BCUT2D eigenvalue weighted by Crippen LogP contribution is -2.30. The maximum Gasteiger partial charge on any atom is 0.329 e. The molecule has 0 fully saturated rings. The van der Waals surface area contributed by atoms with Gasteiger partial charge in [-0.3, -0.25) is 9.13 Å². The third-order valence-corrected chi connectivity index (χ3v) is 5.85. The van der Waals surface area contributed by atoms with Crippen LogP contribution >= 0.6 is 11.6 Å². The Morgan fingerprint density at radius 1 is 1.10 bits per heavy atom. The fraction of sp³-hybridized carbons (Fsp3) is 0.350. The zero-order valence-electron chi connectivity index (χ0n) is 16.7. The van der Waals surface area contributed by atoms with Crippen molar-refractivity contribution in [1.29, 1.82) is 0 Å². The van der Waals surface area contributed by atoms with E-state index in [2.05, 4.69) is 0 Å². The molecule has 1 aromatic heterocycles. The predicted octanol–water partition coefficient (Wildman–Crippen LogP) is 3.03. The highest BCUT2D eigenvalue weighted by Crippen LogP contribution is 2.33. The molecule has 0 saturated carbocycles. The van der Waals surface area contributed by atoms with Gasteiger partial charge in [0.25, 0.3) is 0 Å². The highest BCUT2D eigenvalue weighted by atomic mass is 35.5. The van der Waals surface area contributed by atoms with Crippen LogP contribution < -0.4 is 15.2 Å². The SMILES string of the molecule is CCOc1cc([C@H](CS(C)(=O)=O)n2c(=O)n(C)c3cc(Cl)ccc32)ccc1OC. The highest BCUT2D eigenvalue weighted by molar-refractivity contribution is 7.90. The van der Waals surface area contributed by atoms with Crippen molar-refractivity contribution in [3.63, 3.8) is 0 Å². The number of aryl methyl sites for hydroxylation is 1. The molecule has 2 aromatic carbocycles. The Balaban J connectivity index is 2.28. The van der Waals surface area contributed by atoms with E-state index < -0.39 is 15.9 Å². The molecule has 0 radical (unpaired) electrons. The smallest absolute Gasteiger partial charge is 0.329 e. The van der Waals surface area contributed by atoms with Crippen molar-refractivity contribution in [3.8, 4) is 11.5 Å². The van der Waals surface area contributed by atoms with Crippen molar-refractivity contribution in [2.75, 3.05) is 25.7 Å². The molecule has 0 spiro atoms. The molecule has 1 heterocycles. The van der Waals surface area contributed by atoms with Crippen molar-refractivity contribution < 1.29 is 17.9 Å². The summed E-state index contributed by atoms with van der Waals surface area (Å²) >= 11 is 6.09. The van der Waals surface area contributed by atoms with Crippen molar-refractivity contribution in [3.05, 3.63) is 57.5 Å². The Hall–Kier alpha value is -2.45. The molecule has 0 N–H and O–H groups in total. The topological polar surface area (TPSA) is 79.5 Å². The van der Waals surface area contributed by atoms with E-state index in [1.165, 1.54) is 16.2 Å². The monoisotopic (exact) mass is 438 g/mol. The second-order valence-electron chi connectivity index (χ2n) is 6.80. The third-order valence-electron chi connectivity index (χ3n) is 4.70. The van der Waals surface area contributed by atoms with Gasteiger partial charge in [-0.05, 0) is 42.8 Å². The van der Waals surface area contributed by atoms with Gasteiger partial charge in [-0.2, -0.15) is 0 Å². The Bertz CT molecular complexity index is 1210. The molecule has 0 unspecified atom stereocenters. The molecule has 0 aliphatic heterocycles. The van der Waals surface area contributed by atoms with E-state index in [-0.39, 0.29) is 11.4 Å². The highest BCUT2D eigenvalue weighted by Gasteiger charge is 2.26. The third kappa shape index (κ3) is 4.28. The van der Waals surface area contributed by atoms with E-state index in [1.54, 1.807) is 43.4 Å². The van der Waals surface area contributed by atoms with Gasteiger partial charge in [0.1, 0.15) is 9.84 Å². The summed E-state index contributed by atoms with van der Waals surface area (Å²) in [7, 11) is -0.246. The fourth-order valence-corrected chi connectivity index (χ4v) is 4.49. The van der Waals surface area contributed by atoms with Crippen LogP contribution in [0, 0.1) is 0 Å². The van der Waals surface area contributed by atoms with Crippen molar-refractivity contribution >= 4 is 32.5 Å². The molecule has 0 amide bonds. The number of hydrogen-bond donors (Lipinski definition) is 0. The molecule has 0 aliphatic carbocycles. The number of rotatable bonds is 7. The quantitative estimate of drug-likeness (QED) is 0.566. The number of hydrogen-bond acceptors (Lipinski definition) is 5. The van der Waals surface area contributed by atoms with Gasteiger partial charge >= 0.3 is 5.69 Å². The van der Waals surface area contributed by atoms with Crippen LogP contribution in [-0.4, -0.2) is 43.3 Å². The fourth-order valence-electron chi connectivity index (χ4n) is 3.41. The summed E-state index contributed by atoms with van der Waals surface area (Å²) in [5, 5.41) is 0.494. The largest absolute Gasteiger partial charge is 0.493 e. The number of halogens is 1. The lowest BCUT2D eigenvalue weighted by atomic mass is 10.1. The average molecular weight is 439 g/mol. The summed E-state index contributed by atoms with van der Waals surface area (Å²) < 4.78 is 38.4. The van der Waals surface area contributed by atoms with Crippen LogP contribution in [0.15, 0.2) is 41.2 Å². The van der Waals surface area contributed by atoms with Crippen molar-refractivity contribution in [1.82, 2.24) is 9.13 Å². The Labute approximate surface area is 174 Å². The Kier molecular flexibility index (Phi) is 5.95. The summed E-state index contributed by atoms with van der Waals surface area (Å²) in [5.74, 6) is 0.778. The normalized spacial score (nSPS) is 12.9. The molecule has 0 bridgehead atoms. The van der Waals surface area contributed by atoms with E-state index in [9.17, 15) is 13.2 Å². The van der Waals surface area contributed by atoms with Gasteiger partial charge in [0.15, 0.2) is 11.5 Å². The lowest BCUT2D eigenvalue weighted by Gasteiger charge is -2.20. The van der Waals surface area contributed by atoms with Crippen LogP contribution in [0.3, 0.4) is 0 Å². The molecular formula is C20H23ClN2O5S. The van der Waals surface area contributed by atoms with E-state index in [0.717, 1.165) is 6.26 Å². The van der Waals surface area contributed by atoms with Gasteiger partial charge in [0.05, 0.1) is 36.5 Å². The van der Waals surface area contributed by atoms with Gasteiger partial charge in [-0.25, -0.2) is 13.2 Å². The van der Waals surface area contributed by atoms with Crippen molar-refractivity contribution in [2.45, 2.75) is 13.0 Å². The molecule has 0 aliphatic rings. The number of aromatic nitrogens is 2. The van der Waals surface area contributed by atoms with Crippen LogP contribution in [-0.2, 0) is 16.9 Å². The number of sulfone groups is 1. The lowest BCUT2D eigenvalue weighted by molar-refractivity contribution is 0.310. The van der Waals surface area contributed by atoms with Gasteiger partial charge in [0.2, 0.25) is 0 Å².